The van der Waals surface area contributed by atoms with Gasteiger partial charge in [0, 0.05) is 19.0 Å². The molecule has 4 heteroatoms. The molecule has 1 heterocycles. The van der Waals surface area contributed by atoms with Gasteiger partial charge in [0.25, 0.3) is 0 Å². The van der Waals surface area contributed by atoms with Crippen LogP contribution in [-0.4, -0.2) is 40.0 Å². The second-order valence-corrected chi connectivity index (χ2v) is 8.82. The van der Waals surface area contributed by atoms with Crippen LogP contribution in [-0.2, 0) is 0 Å². The Labute approximate surface area is 167 Å². The Morgan fingerprint density at radius 2 is 1.61 bits per heavy atom. The predicted octanol–water partition coefficient (Wildman–Crippen LogP) is 4.64. The Morgan fingerprint density at radius 3 is 2.21 bits per heavy atom. The van der Waals surface area contributed by atoms with Gasteiger partial charge in [-0.3, -0.25) is 4.90 Å². The number of halogens is 1. The average molecular weight is 386 g/mol. The van der Waals surface area contributed by atoms with Crippen LogP contribution in [0.25, 0.3) is 11.1 Å². The topological polar surface area (TPSA) is 43.7 Å². The van der Waals surface area contributed by atoms with Gasteiger partial charge < -0.3 is 10.2 Å². The molecule has 0 bridgehead atoms. The number of piperidine rings is 1. The smallest absolute Gasteiger partial charge is 0.136 e. The minimum absolute atomic E-state index is 0.273. The first-order valence-corrected chi connectivity index (χ1v) is 10.2. The summed E-state index contributed by atoms with van der Waals surface area (Å²) in [7, 11) is 0. The zero-order valence-electron chi connectivity index (χ0n) is 17.3. The summed E-state index contributed by atoms with van der Waals surface area (Å²) in [6, 6.07) is 14.2. The summed E-state index contributed by atoms with van der Waals surface area (Å²) in [6.07, 6.45) is 0.197. The molecule has 2 aromatic rings. The van der Waals surface area contributed by atoms with Gasteiger partial charge >= 0.3 is 0 Å². The van der Waals surface area contributed by atoms with Crippen LogP contribution in [0.4, 0.5) is 4.39 Å². The minimum atomic E-state index is -1.33. The fourth-order valence-electron chi connectivity index (χ4n) is 4.59. The maximum absolute atomic E-state index is 13.3. The third kappa shape index (κ3) is 4.29. The number of hydrogen-bond acceptors (Lipinski definition) is 3. The molecule has 0 aromatic heterocycles. The van der Waals surface area contributed by atoms with Gasteiger partial charge in [-0.1, -0.05) is 57.2 Å². The van der Waals surface area contributed by atoms with Gasteiger partial charge in [-0.05, 0) is 54.0 Å². The van der Waals surface area contributed by atoms with Crippen LogP contribution in [0.1, 0.15) is 45.6 Å². The van der Waals surface area contributed by atoms with E-state index in [9.17, 15) is 14.6 Å². The third-order valence-corrected chi connectivity index (χ3v) is 6.22. The SMILES string of the molecule is CC1CC(C)CN(C(O)C(C)(O)C(C)c2ccccc2-c2ccc(F)cc2)C1. The van der Waals surface area contributed by atoms with E-state index in [0.29, 0.717) is 11.8 Å². The minimum Gasteiger partial charge on any atom is -0.385 e. The van der Waals surface area contributed by atoms with Crippen molar-refractivity contribution in [3.8, 4) is 11.1 Å². The molecule has 28 heavy (non-hydrogen) atoms. The van der Waals surface area contributed by atoms with Crippen LogP contribution >= 0.6 is 0 Å². The predicted molar refractivity (Wildman–Crippen MR) is 111 cm³/mol. The molecule has 3 rings (SSSR count). The number of rotatable bonds is 5. The lowest BCUT2D eigenvalue weighted by Gasteiger charge is -2.45. The van der Waals surface area contributed by atoms with E-state index in [1.165, 1.54) is 12.1 Å². The molecule has 2 aromatic carbocycles. The zero-order chi connectivity index (χ0) is 20.5. The normalized spacial score (nSPS) is 25.1. The van der Waals surface area contributed by atoms with E-state index in [4.69, 9.17) is 0 Å². The van der Waals surface area contributed by atoms with E-state index < -0.39 is 11.8 Å². The molecule has 3 nitrogen and oxygen atoms in total. The lowest BCUT2D eigenvalue weighted by atomic mass is 9.79. The molecule has 5 atom stereocenters. The highest BCUT2D eigenvalue weighted by Crippen LogP contribution is 2.38. The highest BCUT2D eigenvalue weighted by Gasteiger charge is 2.42. The van der Waals surface area contributed by atoms with Crippen molar-refractivity contribution in [3.63, 3.8) is 0 Å². The molecule has 0 spiro atoms. The zero-order valence-corrected chi connectivity index (χ0v) is 17.3. The van der Waals surface area contributed by atoms with E-state index in [1.807, 2.05) is 36.1 Å². The molecular weight excluding hydrogens is 353 g/mol. The number of aliphatic hydroxyl groups is 2. The molecule has 152 valence electrons. The van der Waals surface area contributed by atoms with Crippen LogP contribution < -0.4 is 0 Å². The van der Waals surface area contributed by atoms with Crippen LogP contribution in [0, 0.1) is 17.7 Å². The molecule has 1 aliphatic heterocycles. The van der Waals surface area contributed by atoms with Gasteiger partial charge in [0.15, 0.2) is 0 Å². The van der Waals surface area contributed by atoms with E-state index >= 15 is 0 Å². The van der Waals surface area contributed by atoms with Gasteiger partial charge in [0.2, 0.25) is 0 Å². The second kappa shape index (κ2) is 8.32. The third-order valence-electron chi connectivity index (χ3n) is 6.22. The number of benzene rings is 2. The monoisotopic (exact) mass is 385 g/mol. The summed E-state index contributed by atoms with van der Waals surface area (Å²) in [6.45, 7) is 9.62. The molecule has 0 amide bonds. The standard InChI is InChI=1S/C24H32FNO2/c1-16-13-17(2)15-26(14-16)23(27)24(4,28)18(3)21-7-5-6-8-22(21)19-9-11-20(25)12-10-19/h5-12,16-18,23,27-28H,13-15H2,1-4H3. The highest BCUT2D eigenvalue weighted by atomic mass is 19.1. The van der Waals surface area contributed by atoms with Crippen LogP contribution in [0.15, 0.2) is 48.5 Å². The first-order chi connectivity index (χ1) is 13.2. The van der Waals surface area contributed by atoms with Crippen molar-refractivity contribution in [3.05, 3.63) is 59.9 Å². The van der Waals surface area contributed by atoms with E-state index in [-0.39, 0.29) is 11.7 Å². The second-order valence-electron chi connectivity index (χ2n) is 8.82. The summed E-state index contributed by atoms with van der Waals surface area (Å²) >= 11 is 0. The largest absolute Gasteiger partial charge is 0.385 e. The number of aliphatic hydroxyl groups excluding tert-OH is 1. The van der Waals surface area contributed by atoms with Crippen LogP contribution in [0.5, 0.6) is 0 Å². The molecule has 0 radical (unpaired) electrons. The van der Waals surface area contributed by atoms with Gasteiger partial charge in [-0.25, -0.2) is 4.39 Å². The Morgan fingerprint density at radius 1 is 1.04 bits per heavy atom. The van der Waals surface area contributed by atoms with Crippen molar-refractivity contribution in [1.29, 1.82) is 0 Å². The van der Waals surface area contributed by atoms with Crippen molar-refractivity contribution in [2.24, 2.45) is 11.8 Å². The van der Waals surface area contributed by atoms with E-state index in [2.05, 4.69) is 13.8 Å². The molecule has 1 fully saturated rings. The van der Waals surface area contributed by atoms with Gasteiger partial charge in [-0.2, -0.15) is 0 Å². The summed E-state index contributed by atoms with van der Waals surface area (Å²) in [5, 5.41) is 22.5. The Hall–Kier alpha value is -1.75. The first-order valence-electron chi connectivity index (χ1n) is 10.2. The van der Waals surface area contributed by atoms with Crippen molar-refractivity contribution in [2.45, 2.75) is 51.9 Å². The number of hydrogen-bond donors (Lipinski definition) is 2. The van der Waals surface area contributed by atoms with Crippen molar-refractivity contribution >= 4 is 0 Å². The van der Waals surface area contributed by atoms with Crippen LogP contribution in [0.3, 0.4) is 0 Å². The lowest BCUT2D eigenvalue weighted by molar-refractivity contribution is -0.162. The number of nitrogens with zero attached hydrogens (tertiary/aromatic N) is 1. The molecule has 0 saturated carbocycles. The summed E-state index contributed by atoms with van der Waals surface area (Å²) in [4.78, 5) is 2.01. The quantitative estimate of drug-likeness (QED) is 0.788. The van der Waals surface area contributed by atoms with Crippen molar-refractivity contribution < 1.29 is 14.6 Å². The lowest BCUT2D eigenvalue weighted by Crippen LogP contribution is -2.57. The molecular formula is C24H32FNO2. The van der Waals surface area contributed by atoms with Crippen LogP contribution in [0.2, 0.25) is 0 Å². The maximum atomic E-state index is 13.3. The first kappa shape index (κ1) is 21.0. The Kier molecular flexibility index (Phi) is 6.23. The molecule has 1 saturated heterocycles. The van der Waals surface area contributed by atoms with E-state index in [0.717, 1.165) is 36.2 Å². The number of likely N-dealkylation sites (tertiary alicyclic amines) is 1. The fraction of sp³-hybridized carbons (Fsp3) is 0.500. The van der Waals surface area contributed by atoms with E-state index in [1.54, 1.807) is 19.1 Å². The maximum Gasteiger partial charge on any atom is 0.136 e. The highest BCUT2D eigenvalue weighted by molar-refractivity contribution is 5.68. The molecule has 2 N–H and O–H groups in total. The summed E-state index contributed by atoms with van der Waals surface area (Å²) < 4.78 is 13.3. The van der Waals surface area contributed by atoms with Crippen molar-refractivity contribution in [2.75, 3.05) is 13.1 Å². The Bertz CT molecular complexity index is 779. The molecule has 0 aliphatic carbocycles. The van der Waals surface area contributed by atoms with Crippen molar-refractivity contribution in [1.82, 2.24) is 4.90 Å². The average Bonchev–Trinajstić information content (AvgIpc) is 2.66. The van der Waals surface area contributed by atoms with Gasteiger partial charge in [-0.15, -0.1) is 0 Å². The summed E-state index contributed by atoms with van der Waals surface area (Å²) in [5.41, 5.74) is 1.46. The van der Waals surface area contributed by atoms with Gasteiger partial charge in [0.05, 0.1) is 0 Å². The molecule has 1 aliphatic rings. The molecule has 5 unspecified atom stereocenters. The Balaban J connectivity index is 1.90. The summed E-state index contributed by atoms with van der Waals surface area (Å²) in [5.74, 6) is 0.411. The fourth-order valence-corrected chi connectivity index (χ4v) is 4.59. The van der Waals surface area contributed by atoms with Gasteiger partial charge in [0.1, 0.15) is 17.6 Å².